The fraction of sp³-hybridized carbons (Fsp3) is 0.444. The summed E-state index contributed by atoms with van der Waals surface area (Å²) in [6.07, 6.45) is 6.08. The van der Waals surface area contributed by atoms with Crippen LogP contribution in [0.15, 0.2) is 36.7 Å². The number of rotatable bonds is 6. The topological polar surface area (TPSA) is 59.0 Å². The van der Waals surface area contributed by atoms with Crippen molar-refractivity contribution in [3.8, 4) is 0 Å². The minimum Gasteiger partial charge on any atom is -0.351 e. The number of fused-ring (bicyclic) bond motifs is 1. The van der Waals surface area contributed by atoms with Gasteiger partial charge in [-0.3, -0.25) is 4.79 Å². The van der Waals surface area contributed by atoms with E-state index in [0.717, 1.165) is 37.3 Å². The molecule has 2 N–H and O–H groups in total. The molecule has 0 unspecified atom stereocenters. The van der Waals surface area contributed by atoms with Gasteiger partial charge in [-0.05, 0) is 37.5 Å². The van der Waals surface area contributed by atoms with E-state index in [4.69, 9.17) is 0 Å². The number of hydrogen-bond donors (Lipinski definition) is 2. The van der Waals surface area contributed by atoms with Gasteiger partial charge in [-0.2, -0.15) is 0 Å². The third kappa shape index (κ3) is 4.00. The molecule has 2 heterocycles. The number of benzene rings is 1. The standard InChI is InChI=1S/C18H23FN4O/c1-13(18(24)22-11-14-4-6-16(19)7-5-14)21-12-15-3-2-9-23-10-8-20-17(15)23/h4-8,10,13,15,21H,2-3,9,11-12H2,1H3,(H,22,24)/t13-,15-/m0/s1. The molecule has 0 saturated heterocycles. The number of halogens is 1. The summed E-state index contributed by atoms with van der Waals surface area (Å²) in [5, 5.41) is 6.18. The quantitative estimate of drug-likeness (QED) is 0.854. The smallest absolute Gasteiger partial charge is 0.237 e. The Kier molecular flexibility index (Phi) is 5.25. The number of aryl methyl sites for hydroxylation is 1. The van der Waals surface area contributed by atoms with Crippen LogP contribution in [0.25, 0.3) is 0 Å². The van der Waals surface area contributed by atoms with Crippen LogP contribution in [0.5, 0.6) is 0 Å². The number of carbonyl (C=O) groups excluding carboxylic acids is 1. The Morgan fingerprint density at radius 1 is 1.42 bits per heavy atom. The maximum atomic E-state index is 12.9. The predicted molar refractivity (Wildman–Crippen MR) is 89.9 cm³/mol. The summed E-state index contributed by atoms with van der Waals surface area (Å²) in [7, 11) is 0. The highest BCUT2D eigenvalue weighted by Gasteiger charge is 2.22. The van der Waals surface area contributed by atoms with Gasteiger partial charge in [0.15, 0.2) is 0 Å². The van der Waals surface area contributed by atoms with Gasteiger partial charge >= 0.3 is 0 Å². The second kappa shape index (κ2) is 7.57. The summed E-state index contributed by atoms with van der Waals surface area (Å²) < 4.78 is 15.1. The first-order chi connectivity index (χ1) is 11.6. The third-order valence-electron chi connectivity index (χ3n) is 4.51. The average Bonchev–Trinajstić information content (AvgIpc) is 3.08. The summed E-state index contributed by atoms with van der Waals surface area (Å²) in [5.74, 6) is 1.12. The molecule has 1 amide bonds. The first kappa shape index (κ1) is 16.6. The molecule has 5 nitrogen and oxygen atoms in total. The molecular weight excluding hydrogens is 307 g/mol. The van der Waals surface area contributed by atoms with Crippen LogP contribution in [0, 0.1) is 5.82 Å². The lowest BCUT2D eigenvalue weighted by Gasteiger charge is -2.25. The van der Waals surface area contributed by atoms with E-state index in [9.17, 15) is 9.18 Å². The second-order valence-electron chi connectivity index (χ2n) is 6.29. The van der Waals surface area contributed by atoms with Crippen LogP contribution in [0.4, 0.5) is 4.39 Å². The van der Waals surface area contributed by atoms with Gasteiger partial charge in [0.05, 0.1) is 6.04 Å². The lowest BCUT2D eigenvalue weighted by molar-refractivity contribution is -0.122. The highest BCUT2D eigenvalue weighted by atomic mass is 19.1. The molecule has 2 aromatic rings. The minimum absolute atomic E-state index is 0.0570. The molecule has 2 atom stereocenters. The Morgan fingerprint density at radius 2 is 2.21 bits per heavy atom. The monoisotopic (exact) mass is 330 g/mol. The molecule has 0 spiro atoms. The van der Waals surface area contributed by atoms with Crippen LogP contribution in [0.3, 0.4) is 0 Å². The van der Waals surface area contributed by atoms with Gasteiger partial charge in [-0.1, -0.05) is 12.1 Å². The molecular formula is C18H23FN4O. The van der Waals surface area contributed by atoms with E-state index in [-0.39, 0.29) is 17.8 Å². The number of hydrogen-bond acceptors (Lipinski definition) is 3. The largest absolute Gasteiger partial charge is 0.351 e. The Bertz CT molecular complexity index is 683. The van der Waals surface area contributed by atoms with Gasteiger partial charge in [0, 0.05) is 37.9 Å². The van der Waals surface area contributed by atoms with Gasteiger partial charge < -0.3 is 15.2 Å². The molecule has 24 heavy (non-hydrogen) atoms. The first-order valence-electron chi connectivity index (χ1n) is 8.40. The number of carbonyl (C=O) groups is 1. The van der Waals surface area contributed by atoms with Crippen molar-refractivity contribution in [2.24, 2.45) is 0 Å². The van der Waals surface area contributed by atoms with E-state index in [1.165, 1.54) is 12.1 Å². The minimum atomic E-state index is -0.282. The number of aromatic nitrogens is 2. The van der Waals surface area contributed by atoms with E-state index in [0.29, 0.717) is 12.5 Å². The second-order valence-corrected chi connectivity index (χ2v) is 6.29. The van der Waals surface area contributed by atoms with E-state index >= 15 is 0 Å². The zero-order chi connectivity index (χ0) is 16.9. The lowest BCUT2D eigenvalue weighted by Crippen LogP contribution is -2.43. The summed E-state index contributed by atoms with van der Waals surface area (Å²) in [6, 6.07) is 5.86. The Labute approximate surface area is 141 Å². The van der Waals surface area contributed by atoms with Crippen molar-refractivity contribution in [1.82, 2.24) is 20.2 Å². The fourth-order valence-corrected chi connectivity index (χ4v) is 3.06. The van der Waals surface area contributed by atoms with Crippen molar-refractivity contribution >= 4 is 5.91 Å². The van der Waals surface area contributed by atoms with Crippen LogP contribution in [-0.2, 0) is 17.9 Å². The molecule has 0 aliphatic carbocycles. The maximum absolute atomic E-state index is 12.9. The molecule has 1 aliphatic heterocycles. The van der Waals surface area contributed by atoms with E-state index < -0.39 is 0 Å². The van der Waals surface area contributed by atoms with E-state index in [2.05, 4.69) is 20.2 Å². The normalized spacial score (nSPS) is 18.0. The number of amides is 1. The SMILES string of the molecule is C[C@H](NC[C@@H]1CCCn2ccnc21)C(=O)NCc1ccc(F)cc1. The molecule has 1 aromatic heterocycles. The molecule has 128 valence electrons. The van der Waals surface area contributed by atoms with Gasteiger partial charge in [-0.15, -0.1) is 0 Å². The Balaban J connectivity index is 1.46. The fourth-order valence-electron chi connectivity index (χ4n) is 3.06. The highest BCUT2D eigenvalue weighted by molar-refractivity contribution is 5.81. The molecule has 3 rings (SSSR count). The maximum Gasteiger partial charge on any atom is 0.237 e. The van der Waals surface area contributed by atoms with E-state index in [1.54, 1.807) is 12.1 Å². The van der Waals surface area contributed by atoms with Crippen LogP contribution in [-0.4, -0.2) is 28.0 Å². The zero-order valence-electron chi connectivity index (χ0n) is 13.8. The van der Waals surface area contributed by atoms with Crippen molar-refractivity contribution in [3.63, 3.8) is 0 Å². The highest BCUT2D eigenvalue weighted by Crippen LogP contribution is 2.24. The van der Waals surface area contributed by atoms with Gasteiger partial charge in [0.25, 0.3) is 0 Å². The van der Waals surface area contributed by atoms with E-state index in [1.807, 2.05) is 19.3 Å². The van der Waals surface area contributed by atoms with Crippen LogP contribution in [0.2, 0.25) is 0 Å². The molecule has 0 radical (unpaired) electrons. The Morgan fingerprint density at radius 3 is 3.00 bits per heavy atom. The Hall–Kier alpha value is -2.21. The zero-order valence-corrected chi connectivity index (χ0v) is 13.8. The van der Waals surface area contributed by atoms with Crippen molar-refractivity contribution in [2.45, 2.75) is 44.8 Å². The molecule has 1 aliphatic rings. The third-order valence-corrected chi connectivity index (χ3v) is 4.51. The molecule has 0 saturated carbocycles. The predicted octanol–water partition coefficient (Wildman–Crippen LogP) is 2.19. The van der Waals surface area contributed by atoms with Crippen molar-refractivity contribution in [1.29, 1.82) is 0 Å². The van der Waals surface area contributed by atoms with Crippen molar-refractivity contribution < 1.29 is 9.18 Å². The molecule has 1 aromatic carbocycles. The van der Waals surface area contributed by atoms with Crippen LogP contribution >= 0.6 is 0 Å². The van der Waals surface area contributed by atoms with Crippen LogP contribution in [0.1, 0.15) is 37.1 Å². The first-order valence-corrected chi connectivity index (χ1v) is 8.40. The lowest BCUT2D eigenvalue weighted by atomic mass is 9.98. The molecule has 0 bridgehead atoms. The molecule has 6 heteroatoms. The van der Waals surface area contributed by atoms with Crippen molar-refractivity contribution in [2.75, 3.05) is 6.54 Å². The van der Waals surface area contributed by atoms with Crippen LogP contribution < -0.4 is 10.6 Å². The summed E-state index contributed by atoms with van der Waals surface area (Å²) >= 11 is 0. The number of nitrogens with one attached hydrogen (secondary N) is 2. The molecule has 0 fully saturated rings. The number of imidazole rings is 1. The summed E-state index contributed by atoms with van der Waals surface area (Å²) in [5.41, 5.74) is 0.881. The van der Waals surface area contributed by atoms with Gasteiger partial charge in [0.1, 0.15) is 11.6 Å². The average molecular weight is 330 g/mol. The summed E-state index contributed by atoms with van der Waals surface area (Å²) in [6.45, 7) is 4.02. The number of nitrogens with zero attached hydrogens (tertiary/aromatic N) is 2. The van der Waals surface area contributed by atoms with Gasteiger partial charge in [-0.25, -0.2) is 9.37 Å². The summed E-state index contributed by atoms with van der Waals surface area (Å²) in [4.78, 5) is 16.6. The van der Waals surface area contributed by atoms with Crippen molar-refractivity contribution in [3.05, 3.63) is 53.9 Å². The van der Waals surface area contributed by atoms with Gasteiger partial charge in [0.2, 0.25) is 5.91 Å².